The van der Waals surface area contributed by atoms with Gasteiger partial charge in [-0.1, -0.05) is 15.9 Å². The van der Waals surface area contributed by atoms with Gasteiger partial charge in [-0.2, -0.15) is 0 Å². The molecule has 0 radical (unpaired) electrons. The molecule has 5 heteroatoms. The quantitative estimate of drug-likeness (QED) is 0.476. The highest BCUT2D eigenvalue weighted by Crippen LogP contribution is 2.46. The van der Waals surface area contributed by atoms with Crippen LogP contribution in [0.5, 0.6) is 5.75 Å². The Morgan fingerprint density at radius 1 is 1.37 bits per heavy atom. The normalized spacial score (nSPS) is 28.6. The number of alkyl halides is 1. The number of nitro groups is 1. The van der Waals surface area contributed by atoms with Gasteiger partial charge in [0, 0.05) is 23.0 Å². The second kappa shape index (κ2) is 5.12. The molecule has 4 nitrogen and oxygen atoms in total. The molecular formula is C14H16BrNO3. The van der Waals surface area contributed by atoms with Gasteiger partial charge in [-0.3, -0.25) is 10.1 Å². The first-order valence-electron chi connectivity index (χ1n) is 6.67. The predicted octanol–water partition coefficient (Wildman–Crippen LogP) is 4.06. The predicted molar refractivity (Wildman–Crippen MR) is 75.6 cm³/mol. The van der Waals surface area contributed by atoms with Crippen molar-refractivity contribution in [2.45, 2.75) is 37.1 Å². The number of non-ortho nitro benzene ring substituents is 1. The fourth-order valence-corrected chi connectivity index (χ4v) is 3.83. The maximum Gasteiger partial charge on any atom is 0.270 e. The summed E-state index contributed by atoms with van der Waals surface area (Å²) in [5.41, 5.74) is 0.978. The van der Waals surface area contributed by atoms with Gasteiger partial charge in [-0.15, -0.1) is 0 Å². The Labute approximate surface area is 120 Å². The van der Waals surface area contributed by atoms with E-state index in [4.69, 9.17) is 4.74 Å². The molecular weight excluding hydrogens is 310 g/mol. The van der Waals surface area contributed by atoms with E-state index in [1.54, 1.807) is 12.1 Å². The SMILES string of the molecule is O=[N+]([O-])c1ccc(OC2CC3CCC2C3)c(CBr)c1. The van der Waals surface area contributed by atoms with E-state index >= 15 is 0 Å². The van der Waals surface area contributed by atoms with Gasteiger partial charge < -0.3 is 4.74 Å². The summed E-state index contributed by atoms with van der Waals surface area (Å²) in [6.07, 6.45) is 5.35. The van der Waals surface area contributed by atoms with E-state index < -0.39 is 0 Å². The minimum atomic E-state index is -0.368. The lowest BCUT2D eigenvalue weighted by molar-refractivity contribution is -0.384. The number of rotatable bonds is 4. The second-order valence-corrected chi connectivity index (χ2v) is 6.07. The van der Waals surface area contributed by atoms with Crippen molar-refractivity contribution >= 4 is 21.6 Å². The summed E-state index contributed by atoms with van der Waals surface area (Å²) >= 11 is 3.38. The minimum absolute atomic E-state index is 0.120. The van der Waals surface area contributed by atoms with Gasteiger partial charge in [-0.05, 0) is 43.6 Å². The zero-order valence-electron chi connectivity index (χ0n) is 10.5. The molecule has 0 aliphatic heterocycles. The van der Waals surface area contributed by atoms with Gasteiger partial charge >= 0.3 is 0 Å². The summed E-state index contributed by atoms with van der Waals surface area (Å²) in [5.74, 6) is 2.31. The maximum absolute atomic E-state index is 10.8. The van der Waals surface area contributed by atoms with Gasteiger partial charge in [0.05, 0.1) is 4.92 Å². The summed E-state index contributed by atoms with van der Waals surface area (Å²) in [6.45, 7) is 0. The second-order valence-electron chi connectivity index (χ2n) is 5.51. The summed E-state index contributed by atoms with van der Waals surface area (Å²) in [5, 5.41) is 11.4. The van der Waals surface area contributed by atoms with Crippen molar-refractivity contribution < 1.29 is 9.66 Å². The highest BCUT2D eigenvalue weighted by atomic mass is 79.9. The smallest absolute Gasteiger partial charge is 0.270 e. The van der Waals surface area contributed by atoms with Gasteiger partial charge in [0.15, 0.2) is 0 Å². The topological polar surface area (TPSA) is 52.4 Å². The van der Waals surface area contributed by atoms with Crippen LogP contribution in [0, 0.1) is 22.0 Å². The fraction of sp³-hybridized carbons (Fsp3) is 0.571. The number of nitrogens with zero attached hydrogens (tertiary/aromatic N) is 1. The van der Waals surface area contributed by atoms with Crippen LogP contribution >= 0.6 is 15.9 Å². The third kappa shape index (κ3) is 2.48. The monoisotopic (exact) mass is 325 g/mol. The number of ether oxygens (including phenoxy) is 1. The summed E-state index contributed by atoms with van der Waals surface area (Å²) in [4.78, 5) is 10.4. The molecule has 0 spiro atoms. The molecule has 2 aliphatic rings. The van der Waals surface area contributed by atoms with Crippen molar-refractivity contribution in [1.29, 1.82) is 0 Å². The number of hydrogen-bond acceptors (Lipinski definition) is 3. The molecule has 102 valence electrons. The first kappa shape index (κ1) is 12.9. The molecule has 3 rings (SSSR count). The van der Waals surface area contributed by atoms with E-state index in [0.29, 0.717) is 17.4 Å². The molecule has 19 heavy (non-hydrogen) atoms. The molecule has 2 fully saturated rings. The van der Waals surface area contributed by atoms with Crippen molar-refractivity contribution in [2.24, 2.45) is 11.8 Å². The van der Waals surface area contributed by atoms with E-state index in [0.717, 1.165) is 23.7 Å². The molecule has 0 N–H and O–H groups in total. The highest BCUT2D eigenvalue weighted by molar-refractivity contribution is 9.08. The van der Waals surface area contributed by atoms with E-state index in [-0.39, 0.29) is 10.6 Å². The minimum Gasteiger partial charge on any atom is -0.490 e. The highest BCUT2D eigenvalue weighted by Gasteiger charge is 2.41. The molecule has 1 aromatic rings. The van der Waals surface area contributed by atoms with E-state index in [1.165, 1.54) is 25.3 Å². The molecule has 0 amide bonds. The fourth-order valence-electron chi connectivity index (χ4n) is 3.39. The van der Waals surface area contributed by atoms with Crippen LogP contribution in [0.1, 0.15) is 31.2 Å². The molecule has 2 saturated carbocycles. The van der Waals surface area contributed by atoms with Crippen LogP contribution in [-0.4, -0.2) is 11.0 Å². The number of fused-ring (bicyclic) bond motifs is 2. The van der Waals surface area contributed by atoms with Crippen molar-refractivity contribution in [3.8, 4) is 5.75 Å². The zero-order chi connectivity index (χ0) is 13.4. The maximum atomic E-state index is 10.8. The molecule has 1 aromatic carbocycles. The molecule has 2 aliphatic carbocycles. The average Bonchev–Trinajstić information content (AvgIpc) is 3.01. The average molecular weight is 326 g/mol. The van der Waals surface area contributed by atoms with E-state index in [1.807, 2.05) is 0 Å². The lowest BCUT2D eigenvalue weighted by Crippen LogP contribution is -2.23. The number of nitro benzene ring substituents is 1. The van der Waals surface area contributed by atoms with Crippen LogP contribution in [-0.2, 0) is 5.33 Å². The Balaban J connectivity index is 1.78. The zero-order valence-corrected chi connectivity index (χ0v) is 12.1. The Morgan fingerprint density at radius 2 is 2.21 bits per heavy atom. The van der Waals surface area contributed by atoms with Gasteiger partial charge in [-0.25, -0.2) is 0 Å². The van der Waals surface area contributed by atoms with Crippen LogP contribution in [0.4, 0.5) is 5.69 Å². The number of benzene rings is 1. The third-order valence-electron chi connectivity index (χ3n) is 4.35. The van der Waals surface area contributed by atoms with Crippen LogP contribution < -0.4 is 4.74 Å². The van der Waals surface area contributed by atoms with Crippen molar-refractivity contribution in [2.75, 3.05) is 0 Å². The van der Waals surface area contributed by atoms with Crippen LogP contribution in [0.2, 0.25) is 0 Å². The summed E-state index contributed by atoms with van der Waals surface area (Å²) in [6, 6.07) is 4.85. The summed E-state index contributed by atoms with van der Waals surface area (Å²) in [7, 11) is 0. The van der Waals surface area contributed by atoms with Crippen molar-refractivity contribution in [3.05, 3.63) is 33.9 Å². The molecule has 0 heterocycles. The summed E-state index contributed by atoms with van der Waals surface area (Å²) < 4.78 is 6.11. The Bertz CT molecular complexity index is 505. The first-order valence-corrected chi connectivity index (χ1v) is 7.79. The van der Waals surface area contributed by atoms with Gasteiger partial charge in [0.1, 0.15) is 11.9 Å². The van der Waals surface area contributed by atoms with Crippen LogP contribution in [0.3, 0.4) is 0 Å². The van der Waals surface area contributed by atoms with Crippen molar-refractivity contribution in [1.82, 2.24) is 0 Å². The largest absolute Gasteiger partial charge is 0.490 e. The Morgan fingerprint density at radius 3 is 2.79 bits per heavy atom. The standard InChI is InChI=1S/C14H16BrNO3/c15-8-11-7-12(16(17)18)3-4-13(11)19-14-6-9-1-2-10(14)5-9/h3-4,7,9-10,14H,1-2,5-6,8H2. The molecule has 0 aromatic heterocycles. The van der Waals surface area contributed by atoms with Gasteiger partial charge in [0.2, 0.25) is 0 Å². The Kier molecular flexibility index (Phi) is 3.48. The third-order valence-corrected chi connectivity index (χ3v) is 4.95. The lowest BCUT2D eigenvalue weighted by Gasteiger charge is -2.24. The number of hydrogen-bond donors (Lipinski definition) is 0. The van der Waals surface area contributed by atoms with Crippen LogP contribution in [0.15, 0.2) is 18.2 Å². The van der Waals surface area contributed by atoms with Gasteiger partial charge in [0.25, 0.3) is 5.69 Å². The van der Waals surface area contributed by atoms with E-state index in [9.17, 15) is 10.1 Å². The molecule has 2 bridgehead atoms. The first-order chi connectivity index (χ1) is 9.17. The molecule has 3 unspecified atom stereocenters. The number of halogens is 1. The molecule has 0 saturated heterocycles. The Hall–Kier alpha value is -1.10. The van der Waals surface area contributed by atoms with E-state index in [2.05, 4.69) is 15.9 Å². The van der Waals surface area contributed by atoms with Crippen molar-refractivity contribution in [3.63, 3.8) is 0 Å². The molecule has 3 atom stereocenters. The lowest BCUT2D eigenvalue weighted by atomic mass is 9.97. The van der Waals surface area contributed by atoms with Crippen LogP contribution in [0.25, 0.3) is 0 Å².